The van der Waals surface area contributed by atoms with Crippen LogP contribution < -0.4 is 0 Å². The number of amides is 1. The average Bonchev–Trinajstić information content (AvgIpc) is 2.29. The van der Waals surface area contributed by atoms with Crippen LogP contribution in [0.25, 0.3) is 0 Å². The van der Waals surface area contributed by atoms with Crippen LogP contribution in [0.15, 0.2) is 0 Å². The zero-order valence-electron chi connectivity index (χ0n) is 7.67. The minimum atomic E-state index is -3.85. The van der Waals surface area contributed by atoms with Crippen molar-refractivity contribution in [2.24, 2.45) is 5.92 Å². The Labute approximate surface area is 79.5 Å². The van der Waals surface area contributed by atoms with Crippen molar-refractivity contribution in [3.63, 3.8) is 0 Å². The van der Waals surface area contributed by atoms with Crippen LogP contribution in [0.1, 0.15) is 13.3 Å². The van der Waals surface area contributed by atoms with Gasteiger partial charge in [-0.05, 0) is 5.92 Å². The van der Waals surface area contributed by atoms with Gasteiger partial charge >= 0.3 is 11.9 Å². The highest BCUT2D eigenvalue weighted by atomic mass is 19.3. The summed E-state index contributed by atoms with van der Waals surface area (Å²) in [5.74, 6) is -6.42. The Bertz CT molecular complexity index is 267. The summed E-state index contributed by atoms with van der Waals surface area (Å²) in [6.45, 7) is 0.948. The largest absolute Gasteiger partial charge is 0.477 e. The molecule has 0 aromatic heterocycles. The van der Waals surface area contributed by atoms with Crippen LogP contribution in [-0.4, -0.2) is 40.9 Å². The third-order valence-electron chi connectivity index (χ3n) is 2.11. The molecule has 1 aliphatic heterocycles. The normalized spacial score (nSPS) is 22.9. The van der Waals surface area contributed by atoms with Crippen molar-refractivity contribution >= 4 is 11.9 Å². The van der Waals surface area contributed by atoms with E-state index in [0.717, 1.165) is 4.90 Å². The van der Waals surface area contributed by atoms with E-state index in [2.05, 4.69) is 0 Å². The maximum Gasteiger partial charge on any atom is 0.376 e. The predicted octanol–water partition coefficient (Wildman–Crippen LogP) is 0.575. The fraction of sp³-hybridized carbons (Fsp3) is 0.750. The Morgan fingerprint density at radius 1 is 1.71 bits per heavy atom. The zero-order chi connectivity index (χ0) is 10.9. The van der Waals surface area contributed by atoms with Gasteiger partial charge in [-0.15, -0.1) is 0 Å². The molecule has 1 amide bonds. The molecule has 14 heavy (non-hydrogen) atoms. The smallest absolute Gasteiger partial charge is 0.376 e. The van der Waals surface area contributed by atoms with Gasteiger partial charge in [-0.25, -0.2) is 4.79 Å². The number of rotatable bonds is 3. The highest BCUT2D eigenvalue weighted by Gasteiger charge is 2.43. The molecule has 1 heterocycles. The molecule has 80 valence electrons. The molecule has 0 spiro atoms. The lowest BCUT2D eigenvalue weighted by Gasteiger charge is -2.20. The van der Waals surface area contributed by atoms with Crippen molar-refractivity contribution in [3.8, 4) is 0 Å². The maximum absolute atomic E-state index is 12.7. The van der Waals surface area contributed by atoms with E-state index in [9.17, 15) is 18.4 Å². The zero-order valence-corrected chi connectivity index (χ0v) is 7.67. The number of hydrogen-bond acceptors (Lipinski definition) is 2. The van der Waals surface area contributed by atoms with Gasteiger partial charge in [0, 0.05) is 13.0 Å². The fourth-order valence-electron chi connectivity index (χ4n) is 1.43. The number of carbonyl (C=O) groups is 2. The van der Waals surface area contributed by atoms with Gasteiger partial charge in [-0.1, -0.05) is 6.92 Å². The summed E-state index contributed by atoms with van der Waals surface area (Å²) in [6, 6.07) is 0. The quantitative estimate of drug-likeness (QED) is 0.736. The van der Waals surface area contributed by atoms with Gasteiger partial charge in [0.1, 0.15) is 0 Å². The number of aliphatic carboxylic acids is 1. The number of carbonyl (C=O) groups excluding carboxylic acids is 1. The van der Waals surface area contributed by atoms with E-state index >= 15 is 0 Å². The number of carboxylic acids is 1. The van der Waals surface area contributed by atoms with Gasteiger partial charge in [-0.3, -0.25) is 4.79 Å². The van der Waals surface area contributed by atoms with Gasteiger partial charge in [0.25, 0.3) is 0 Å². The summed E-state index contributed by atoms with van der Waals surface area (Å²) in [4.78, 5) is 22.1. The molecular formula is C8H11F2NO3. The Kier molecular flexibility index (Phi) is 2.73. The highest BCUT2D eigenvalue weighted by Crippen LogP contribution is 2.22. The first kappa shape index (κ1) is 10.9. The summed E-state index contributed by atoms with van der Waals surface area (Å²) >= 11 is 0. The van der Waals surface area contributed by atoms with Gasteiger partial charge in [0.2, 0.25) is 5.91 Å². The second-order valence-electron chi connectivity index (χ2n) is 3.59. The van der Waals surface area contributed by atoms with Crippen LogP contribution in [0, 0.1) is 5.92 Å². The molecule has 1 unspecified atom stereocenters. The lowest BCUT2D eigenvalue weighted by molar-refractivity contribution is -0.168. The third kappa shape index (κ3) is 2.18. The average molecular weight is 207 g/mol. The number of hydrogen-bond donors (Lipinski definition) is 1. The van der Waals surface area contributed by atoms with Crippen molar-refractivity contribution in [1.29, 1.82) is 0 Å². The molecule has 6 heteroatoms. The minimum Gasteiger partial charge on any atom is -0.477 e. The van der Waals surface area contributed by atoms with Gasteiger partial charge < -0.3 is 10.0 Å². The maximum atomic E-state index is 12.7. The Balaban J connectivity index is 2.61. The lowest BCUT2D eigenvalue weighted by Crippen LogP contribution is -2.43. The van der Waals surface area contributed by atoms with Crippen LogP contribution in [0.3, 0.4) is 0 Å². The van der Waals surface area contributed by atoms with Crippen LogP contribution in [0.2, 0.25) is 0 Å². The predicted molar refractivity (Wildman–Crippen MR) is 42.9 cm³/mol. The molecule has 1 aliphatic rings. The molecule has 4 nitrogen and oxygen atoms in total. The molecule has 0 aromatic carbocycles. The molecule has 1 rings (SSSR count). The van der Waals surface area contributed by atoms with E-state index in [1.807, 2.05) is 0 Å². The van der Waals surface area contributed by atoms with E-state index in [1.54, 1.807) is 6.92 Å². The van der Waals surface area contributed by atoms with Crippen molar-refractivity contribution in [1.82, 2.24) is 4.90 Å². The van der Waals surface area contributed by atoms with Crippen molar-refractivity contribution in [3.05, 3.63) is 0 Å². The lowest BCUT2D eigenvalue weighted by atomic mass is 10.2. The summed E-state index contributed by atoms with van der Waals surface area (Å²) in [5.41, 5.74) is 0. The van der Waals surface area contributed by atoms with E-state index in [0.29, 0.717) is 0 Å². The van der Waals surface area contributed by atoms with E-state index in [4.69, 9.17) is 5.11 Å². The summed E-state index contributed by atoms with van der Waals surface area (Å²) in [5, 5.41) is 8.17. The molecule has 0 radical (unpaired) electrons. The highest BCUT2D eigenvalue weighted by molar-refractivity contribution is 5.81. The van der Waals surface area contributed by atoms with Crippen molar-refractivity contribution in [2.45, 2.75) is 19.3 Å². The molecule has 1 fully saturated rings. The SMILES string of the molecule is CC1CC(=O)N(CC(F)(F)C(=O)O)C1. The van der Waals surface area contributed by atoms with Crippen molar-refractivity contribution < 1.29 is 23.5 Å². The molecule has 0 aliphatic carbocycles. The number of halogens is 2. The second kappa shape index (κ2) is 3.51. The van der Waals surface area contributed by atoms with Crippen LogP contribution in [0.4, 0.5) is 8.78 Å². The standard InChI is InChI=1S/C8H11F2NO3/c1-5-2-6(12)11(3-5)4-8(9,10)7(13)14/h5H,2-4H2,1H3,(H,13,14). The van der Waals surface area contributed by atoms with Gasteiger partial charge in [0.15, 0.2) is 0 Å². The Morgan fingerprint density at radius 3 is 2.64 bits per heavy atom. The van der Waals surface area contributed by atoms with Gasteiger partial charge in [0.05, 0.1) is 6.54 Å². The molecule has 1 saturated heterocycles. The topological polar surface area (TPSA) is 57.6 Å². The summed E-state index contributed by atoms with van der Waals surface area (Å²) in [7, 11) is 0. The molecule has 0 bridgehead atoms. The molecule has 0 saturated carbocycles. The second-order valence-corrected chi connectivity index (χ2v) is 3.59. The molecule has 0 aromatic rings. The molecular weight excluding hydrogens is 196 g/mol. The summed E-state index contributed by atoms with van der Waals surface area (Å²) < 4.78 is 25.4. The molecule has 1 atom stereocenters. The van der Waals surface area contributed by atoms with Crippen LogP contribution in [-0.2, 0) is 9.59 Å². The number of likely N-dealkylation sites (tertiary alicyclic amines) is 1. The third-order valence-corrected chi connectivity index (χ3v) is 2.11. The van der Waals surface area contributed by atoms with E-state index in [-0.39, 0.29) is 18.9 Å². The van der Waals surface area contributed by atoms with Crippen LogP contribution in [0.5, 0.6) is 0 Å². The van der Waals surface area contributed by atoms with E-state index in [1.165, 1.54) is 0 Å². The van der Waals surface area contributed by atoms with Crippen molar-refractivity contribution in [2.75, 3.05) is 13.1 Å². The Morgan fingerprint density at radius 2 is 2.29 bits per heavy atom. The van der Waals surface area contributed by atoms with Crippen LogP contribution >= 0.6 is 0 Å². The van der Waals surface area contributed by atoms with E-state index < -0.39 is 24.3 Å². The number of nitrogens with zero attached hydrogens (tertiary/aromatic N) is 1. The monoisotopic (exact) mass is 207 g/mol. The Hall–Kier alpha value is -1.20. The first-order valence-electron chi connectivity index (χ1n) is 4.22. The number of carboxylic acid groups (broad SMARTS) is 1. The summed E-state index contributed by atoms with van der Waals surface area (Å²) in [6.07, 6.45) is 0.218. The fourth-order valence-corrected chi connectivity index (χ4v) is 1.43. The minimum absolute atomic E-state index is 0.0205. The molecule has 1 N–H and O–H groups in total. The number of alkyl halides is 2. The van der Waals surface area contributed by atoms with Gasteiger partial charge in [-0.2, -0.15) is 8.78 Å². The first-order chi connectivity index (χ1) is 6.33. The first-order valence-corrected chi connectivity index (χ1v) is 4.22.